The van der Waals surface area contributed by atoms with E-state index in [1.165, 1.54) is 11.3 Å². The molecule has 0 aliphatic rings. The summed E-state index contributed by atoms with van der Waals surface area (Å²) in [5.74, 6) is -0.0585. The number of alkyl halides is 3. The van der Waals surface area contributed by atoms with Crippen LogP contribution in [0, 0.1) is 0 Å². The van der Waals surface area contributed by atoms with Gasteiger partial charge in [-0.1, -0.05) is 11.6 Å². The summed E-state index contributed by atoms with van der Waals surface area (Å²) in [4.78, 5) is 7.99. The lowest BCUT2D eigenvalue weighted by Crippen LogP contribution is -2.12. The Morgan fingerprint density at radius 1 is 1.37 bits per heavy atom. The summed E-state index contributed by atoms with van der Waals surface area (Å²) in [5.41, 5.74) is -0.823. The quantitative estimate of drug-likeness (QED) is 0.918. The highest BCUT2D eigenvalue weighted by atomic mass is 35.5. The fourth-order valence-corrected chi connectivity index (χ4v) is 2.54. The Morgan fingerprint density at radius 2 is 2.11 bits per heavy atom. The van der Waals surface area contributed by atoms with Crippen LogP contribution in [0.4, 0.5) is 19.1 Å². The first-order chi connectivity index (χ1) is 8.91. The zero-order valence-electron chi connectivity index (χ0n) is 9.75. The Kier molecular flexibility index (Phi) is 3.96. The molecule has 0 amide bonds. The number of hydrogen-bond donors (Lipinski definition) is 1. The van der Waals surface area contributed by atoms with E-state index in [1.807, 2.05) is 0 Å². The van der Waals surface area contributed by atoms with Gasteiger partial charge in [-0.3, -0.25) is 0 Å². The van der Waals surface area contributed by atoms with Crippen molar-refractivity contribution < 1.29 is 13.2 Å². The second-order valence-corrected chi connectivity index (χ2v) is 4.91. The van der Waals surface area contributed by atoms with Gasteiger partial charge in [-0.25, -0.2) is 9.97 Å². The molecule has 0 atom stereocenters. The van der Waals surface area contributed by atoms with Gasteiger partial charge in [-0.15, -0.1) is 11.3 Å². The van der Waals surface area contributed by atoms with Crippen molar-refractivity contribution in [1.29, 1.82) is 0 Å². The van der Waals surface area contributed by atoms with E-state index in [9.17, 15) is 13.2 Å². The van der Waals surface area contributed by atoms with Gasteiger partial charge in [0, 0.05) is 6.54 Å². The van der Waals surface area contributed by atoms with Crippen LogP contribution >= 0.6 is 22.9 Å². The van der Waals surface area contributed by atoms with Gasteiger partial charge in [0.05, 0.1) is 15.6 Å². The van der Waals surface area contributed by atoms with E-state index in [2.05, 4.69) is 15.3 Å². The lowest BCUT2D eigenvalue weighted by atomic mass is 10.2. The molecule has 0 radical (unpaired) electrons. The number of nitrogens with one attached hydrogen (secondary N) is 1. The van der Waals surface area contributed by atoms with Gasteiger partial charge in [-0.2, -0.15) is 13.2 Å². The molecule has 19 heavy (non-hydrogen) atoms. The van der Waals surface area contributed by atoms with Gasteiger partial charge < -0.3 is 5.32 Å². The zero-order chi connectivity index (χ0) is 14.0. The third-order valence-electron chi connectivity index (χ3n) is 2.20. The van der Waals surface area contributed by atoms with Crippen LogP contribution < -0.4 is 5.32 Å². The maximum Gasteiger partial charge on any atom is 0.433 e. The summed E-state index contributed by atoms with van der Waals surface area (Å²) in [6.45, 7) is 2.18. The molecule has 0 fully saturated rings. The van der Waals surface area contributed by atoms with Gasteiger partial charge in [0.25, 0.3) is 0 Å². The van der Waals surface area contributed by atoms with Crippen LogP contribution in [0.25, 0.3) is 10.6 Å². The smallest absolute Gasteiger partial charge is 0.354 e. The number of rotatable bonds is 3. The molecule has 0 spiro atoms. The summed E-state index contributed by atoms with van der Waals surface area (Å²) in [6, 6.07) is 2.52. The number of nitrogens with zero attached hydrogens (tertiary/aromatic N) is 2. The largest absolute Gasteiger partial charge is 0.433 e. The predicted molar refractivity (Wildman–Crippen MR) is 69.5 cm³/mol. The van der Waals surface area contributed by atoms with Crippen LogP contribution in [0.2, 0.25) is 5.02 Å². The molecule has 0 unspecified atom stereocenters. The van der Waals surface area contributed by atoms with E-state index in [1.54, 1.807) is 18.4 Å². The van der Waals surface area contributed by atoms with Crippen LogP contribution in [0.3, 0.4) is 0 Å². The highest BCUT2D eigenvalue weighted by molar-refractivity contribution is 7.14. The first-order valence-corrected chi connectivity index (χ1v) is 6.61. The second-order valence-electron chi connectivity index (χ2n) is 3.59. The molecule has 0 aromatic carbocycles. The predicted octanol–water partition coefficient (Wildman–Crippen LogP) is 4.31. The van der Waals surface area contributed by atoms with E-state index in [-0.39, 0.29) is 11.6 Å². The molecule has 102 valence electrons. The molecule has 2 rings (SSSR count). The van der Waals surface area contributed by atoms with Crippen LogP contribution in [0.1, 0.15) is 12.6 Å². The van der Waals surface area contributed by atoms with Crippen LogP contribution in [0.15, 0.2) is 17.5 Å². The Morgan fingerprint density at radius 3 is 2.63 bits per heavy atom. The molecular weight excluding hydrogens is 299 g/mol. The fourth-order valence-electron chi connectivity index (χ4n) is 1.42. The molecule has 0 saturated carbocycles. The molecule has 0 aliphatic carbocycles. The number of thiophene rings is 1. The lowest BCUT2D eigenvalue weighted by Gasteiger charge is -2.10. The molecule has 0 aliphatic heterocycles. The third-order valence-corrected chi connectivity index (χ3v) is 3.57. The molecular formula is C11H9ClF3N3S. The Labute approximate surface area is 116 Å². The first-order valence-electron chi connectivity index (χ1n) is 5.35. The van der Waals surface area contributed by atoms with E-state index in [4.69, 9.17) is 11.6 Å². The van der Waals surface area contributed by atoms with Crippen molar-refractivity contribution in [3.05, 3.63) is 28.2 Å². The Balaban J connectivity index is 2.55. The zero-order valence-corrected chi connectivity index (χ0v) is 11.3. The number of aromatic nitrogens is 2. The van der Waals surface area contributed by atoms with Gasteiger partial charge in [0.15, 0.2) is 5.69 Å². The molecule has 2 aromatic heterocycles. The fraction of sp³-hybridized carbons (Fsp3) is 0.273. The van der Waals surface area contributed by atoms with E-state index in [0.29, 0.717) is 16.4 Å². The van der Waals surface area contributed by atoms with E-state index < -0.39 is 11.9 Å². The minimum atomic E-state index is -4.52. The Bertz CT molecular complexity index is 583. The normalized spacial score (nSPS) is 11.6. The molecule has 2 heterocycles. The third kappa shape index (κ3) is 3.16. The highest BCUT2D eigenvalue weighted by Gasteiger charge is 2.34. The summed E-state index contributed by atoms with van der Waals surface area (Å²) >= 11 is 7.15. The first kappa shape index (κ1) is 14.1. The molecule has 0 saturated heterocycles. The number of anilines is 1. The molecule has 3 nitrogen and oxygen atoms in total. The van der Waals surface area contributed by atoms with Crippen molar-refractivity contribution in [2.45, 2.75) is 13.1 Å². The van der Waals surface area contributed by atoms with Crippen molar-refractivity contribution in [2.75, 3.05) is 11.9 Å². The Hall–Kier alpha value is -1.34. The summed E-state index contributed by atoms with van der Waals surface area (Å²) in [5, 5.41) is 4.75. The van der Waals surface area contributed by atoms with E-state index >= 15 is 0 Å². The standard InChI is InChI=1S/C11H9ClF3N3S/c1-2-16-10-17-7(9-6(12)3-4-19-9)5-8(18-10)11(13,14)15/h3-5H,2H2,1H3,(H,16,17,18). The molecule has 8 heteroatoms. The van der Waals surface area contributed by atoms with Crippen molar-refractivity contribution in [3.8, 4) is 10.6 Å². The highest BCUT2D eigenvalue weighted by Crippen LogP contribution is 2.36. The van der Waals surface area contributed by atoms with Gasteiger partial charge in [0.1, 0.15) is 0 Å². The molecule has 1 N–H and O–H groups in total. The summed E-state index contributed by atoms with van der Waals surface area (Å²) < 4.78 is 38.3. The van der Waals surface area contributed by atoms with Crippen molar-refractivity contribution in [1.82, 2.24) is 9.97 Å². The lowest BCUT2D eigenvalue weighted by molar-refractivity contribution is -0.141. The van der Waals surface area contributed by atoms with E-state index in [0.717, 1.165) is 6.07 Å². The van der Waals surface area contributed by atoms with Gasteiger partial charge >= 0.3 is 6.18 Å². The second kappa shape index (κ2) is 5.34. The summed E-state index contributed by atoms with van der Waals surface area (Å²) in [6.07, 6.45) is -4.52. The van der Waals surface area contributed by atoms with Gasteiger partial charge in [0.2, 0.25) is 5.95 Å². The van der Waals surface area contributed by atoms with Crippen LogP contribution in [0.5, 0.6) is 0 Å². The average molecular weight is 308 g/mol. The topological polar surface area (TPSA) is 37.8 Å². The van der Waals surface area contributed by atoms with Crippen molar-refractivity contribution >= 4 is 28.9 Å². The minimum Gasteiger partial charge on any atom is -0.354 e. The van der Waals surface area contributed by atoms with Crippen molar-refractivity contribution in [3.63, 3.8) is 0 Å². The molecule has 2 aromatic rings. The number of hydrogen-bond acceptors (Lipinski definition) is 4. The van der Waals surface area contributed by atoms with Gasteiger partial charge in [-0.05, 0) is 24.4 Å². The molecule has 0 bridgehead atoms. The van der Waals surface area contributed by atoms with Crippen molar-refractivity contribution in [2.24, 2.45) is 0 Å². The monoisotopic (exact) mass is 307 g/mol. The SMILES string of the molecule is CCNc1nc(-c2sccc2Cl)cc(C(F)(F)F)n1. The average Bonchev–Trinajstić information content (AvgIpc) is 2.74. The maximum atomic E-state index is 12.8. The van der Waals surface area contributed by atoms with Crippen LogP contribution in [-0.2, 0) is 6.18 Å². The minimum absolute atomic E-state index is 0.0585. The maximum absolute atomic E-state index is 12.8. The number of halogens is 4. The summed E-state index contributed by atoms with van der Waals surface area (Å²) in [7, 11) is 0. The van der Waals surface area contributed by atoms with Crippen LogP contribution in [-0.4, -0.2) is 16.5 Å².